The van der Waals surface area contributed by atoms with Gasteiger partial charge in [0, 0.05) is 25.9 Å². The Kier molecular flexibility index (Phi) is 4.33. The SMILES string of the molecule is O=C1CCN(CC(=O)Nc2ccccc2Cl)CC1. The summed E-state index contributed by atoms with van der Waals surface area (Å²) in [6.45, 7) is 1.63. The van der Waals surface area contributed by atoms with Crippen LogP contribution >= 0.6 is 11.6 Å². The smallest absolute Gasteiger partial charge is 0.238 e. The van der Waals surface area contributed by atoms with Crippen molar-refractivity contribution in [3.05, 3.63) is 29.3 Å². The van der Waals surface area contributed by atoms with Gasteiger partial charge in [-0.1, -0.05) is 23.7 Å². The highest BCUT2D eigenvalue weighted by Crippen LogP contribution is 2.20. The van der Waals surface area contributed by atoms with Gasteiger partial charge in [-0.05, 0) is 12.1 Å². The number of ketones is 1. The number of carbonyl (C=O) groups excluding carboxylic acids is 2. The van der Waals surface area contributed by atoms with Crippen molar-refractivity contribution in [3.63, 3.8) is 0 Å². The van der Waals surface area contributed by atoms with Gasteiger partial charge in [-0.15, -0.1) is 0 Å². The van der Waals surface area contributed by atoms with E-state index in [1.54, 1.807) is 12.1 Å². The van der Waals surface area contributed by atoms with Crippen LogP contribution in [0.3, 0.4) is 0 Å². The van der Waals surface area contributed by atoms with Gasteiger partial charge in [0.15, 0.2) is 0 Å². The van der Waals surface area contributed by atoms with E-state index < -0.39 is 0 Å². The molecule has 96 valence electrons. The number of para-hydroxylation sites is 1. The molecule has 0 spiro atoms. The summed E-state index contributed by atoms with van der Waals surface area (Å²) in [4.78, 5) is 24.9. The minimum atomic E-state index is -0.0996. The number of anilines is 1. The third-order valence-corrected chi connectivity index (χ3v) is 3.26. The highest BCUT2D eigenvalue weighted by atomic mass is 35.5. The molecule has 1 saturated heterocycles. The molecule has 1 aliphatic heterocycles. The zero-order valence-electron chi connectivity index (χ0n) is 9.99. The van der Waals surface area contributed by atoms with Crippen molar-refractivity contribution in [1.29, 1.82) is 0 Å². The van der Waals surface area contributed by atoms with Crippen molar-refractivity contribution in [1.82, 2.24) is 4.90 Å². The van der Waals surface area contributed by atoms with Crippen molar-refractivity contribution in [2.75, 3.05) is 25.0 Å². The number of likely N-dealkylation sites (tertiary alicyclic amines) is 1. The van der Waals surface area contributed by atoms with Gasteiger partial charge in [0.25, 0.3) is 0 Å². The topological polar surface area (TPSA) is 49.4 Å². The summed E-state index contributed by atoms with van der Waals surface area (Å²) in [6, 6.07) is 7.13. The zero-order chi connectivity index (χ0) is 13.0. The number of benzene rings is 1. The number of hydrogen-bond donors (Lipinski definition) is 1. The molecule has 5 heteroatoms. The third kappa shape index (κ3) is 3.55. The molecule has 1 heterocycles. The number of Topliss-reactive ketones (excluding diaryl/α,β-unsaturated/α-hetero) is 1. The van der Waals surface area contributed by atoms with Crippen LogP contribution in [0.1, 0.15) is 12.8 Å². The van der Waals surface area contributed by atoms with Gasteiger partial charge in [-0.2, -0.15) is 0 Å². The summed E-state index contributed by atoms with van der Waals surface area (Å²) >= 11 is 5.96. The Balaban J connectivity index is 1.86. The Morgan fingerprint density at radius 2 is 1.94 bits per heavy atom. The molecule has 1 N–H and O–H groups in total. The molecule has 0 saturated carbocycles. The first-order valence-electron chi connectivity index (χ1n) is 5.93. The molecule has 0 aliphatic carbocycles. The summed E-state index contributed by atoms with van der Waals surface area (Å²) in [5.41, 5.74) is 0.622. The summed E-state index contributed by atoms with van der Waals surface area (Å²) in [7, 11) is 0. The number of amides is 1. The van der Waals surface area contributed by atoms with Crippen LogP contribution in [-0.4, -0.2) is 36.2 Å². The fraction of sp³-hybridized carbons (Fsp3) is 0.385. The monoisotopic (exact) mass is 266 g/mol. The normalized spacial score (nSPS) is 16.6. The van der Waals surface area contributed by atoms with Crippen molar-refractivity contribution >= 4 is 29.0 Å². The molecular formula is C13H15ClN2O2. The average Bonchev–Trinajstić information content (AvgIpc) is 2.35. The molecule has 18 heavy (non-hydrogen) atoms. The molecule has 0 radical (unpaired) electrons. The molecule has 1 aromatic carbocycles. The van der Waals surface area contributed by atoms with E-state index in [0.29, 0.717) is 43.2 Å². The second-order valence-corrected chi connectivity index (χ2v) is 4.75. The Labute approximate surface area is 111 Å². The lowest BCUT2D eigenvalue weighted by Gasteiger charge is -2.25. The molecule has 1 aliphatic rings. The Morgan fingerprint density at radius 3 is 2.61 bits per heavy atom. The van der Waals surface area contributed by atoms with Crippen molar-refractivity contribution in [3.8, 4) is 0 Å². The molecule has 1 aromatic rings. The van der Waals surface area contributed by atoms with Crippen LogP contribution in [0.15, 0.2) is 24.3 Å². The standard InChI is InChI=1S/C13H15ClN2O2/c14-11-3-1-2-4-12(11)15-13(18)9-16-7-5-10(17)6-8-16/h1-4H,5-9H2,(H,15,18). The summed E-state index contributed by atoms with van der Waals surface area (Å²) in [5, 5.41) is 3.30. The fourth-order valence-corrected chi connectivity index (χ4v) is 2.10. The maximum absolute atomic E-state index is 11.8. The van der Waals surface area contributed by atoms with E-state index in [0.717, 1.165) is 0 Å². The lowest BCUT2D eigenvalue weighted by atomic mass is 10.1. The summed E-state index contributed by atoms with van der Waals surface area (Å²) in [5.74, 6) is 0.176. The molecule has 4 nitrogen and oxygen atoms in total. The number of carbonyl (C=O) groups is 2. The van der Waals surface area contributed by atoms with E-state index in [-0.39, 0.29) is 11.7 Å². The highest BCUT2D eigenvalue weighted by Gasteiger charge is 2.18. The average molecular weight is 267 g/mol. The van der Waals surface area contributed by atoms with Gasteiger partial charge in [0.2, 0.25) is 5.91 Å². The molecule has 1 amide bonds. The third-order valence-electron chi connectivity index (χ3n) is 2.93. The van der Waals surface area contributed by atoms with Crippen LogP contribution in [-0.2, 0) is 9.59 Å². The number of piperidine rings is 1. The first-order valence-corrected chi connectivity index (χ1v) is 6.31. The maximum atomic E-state index is 11.8. The van der Waals surface area contributed by atoms with E-state index >= 15 is 0 Å². The maximum Gasteiger partial charge on any atom is 0.238 e. The van der Waals surface area contributed by atoms with Gasteiger partial charge < -0.3 is 5.32 Å². The zero-order valence-corrected chi connectivity index (χ0v) is 10.7. The van der Waals surface area contributed by atoms with Crippen LogP contribution in [0.5, 0.6) is 0 Å². The summed E-state index contributed by atoms with van der Waals surface area (Å²) < 4.78 is 0. The Bertz CT molecular complexity index is 452. The Morgan fingerprint density at radius 1 is 1.28 bits per heavy atom. The van der Waals surface area contributed by atoms with E-state index in [1.165, 1.54) is 0 Å². The van der Waals surface area contributed by atoms with Crippen LogP contribution in [0.2, 0.25) is 5.02 Å². The lowest BCUT2D eigenvalue weighted by molar-refractivity contribution is -0.124. The van der Waals surface area contributed by atoms with Crippen molar-refractivity contribution < 1.29 is 9.59 Å². The first kappa shape index (κ1) is 13.1. The van der Waals surface area contributed by atoms with Crippen LogP contribution in [0.25, 0.3) is 0 Å². The highest BCUT2D eigenvalue weighted by molar-refractivity contribution is 6.33. The molecule has 0 aromatic heterocycles. The van der Waals surface area contributed by atoms with Gasteiger partial charge in [0.05, 0.1) is 17.3 Å². The van der Waals surface area contributed by atoms with Crippen molar-refractivity contribution in [2.45, 2.75) is 12.8 Å². The predicted molar refractivity (Wildman–Crippen MR) is 70.8 cm³/mol. The van der Waals surface area contributed by atoms with Gasteiger partial charge >= 0.3 is 0 Å². The van der Waals surface area contributed by atoms with E-state index in [9.17, 15) is 9.59 Å². The van der Waals surface area contributed by atoms with Crippen LogP contribution in [0.4, 0.5) is 5.69 Å². The fourth-order valence-electron chi connectivity index (χ4n) is 1.92. The molecule has 0 unspecified atom stereocenters. The summed E-state index contributed by atoms with van der Waals surface area (Å²) in [6.07, 6.45) is 1.08. The number of rotatable bonds is 3. The molecule has 1 fully saturated rings. The Hall–Kier alpha value is -1.39. The van der Waals surface area contributed by atoms with E-state index in [4.69, 9.17) is 11.6 Å². The number of halogens is 1. The number of hydrogen-bond acceptors (Lipinski definition) is 3. The lowest BCUT2D eigenvalue weighted by Crippen LogP contribution is -2.39. The number of nitrogens with zero attached hydrogens (tertiary/aromatic N) is 1. The van der Waals surface area contributed by atoms with Crippen molar-refractivity contribution in [2.24, 2.45) is 0 Å². The van der Waals surface area contributed by atoms with Gasteiger partial charge in [0.1, 0.15) is 5.78 Å². The van der Waals surface area contributed by atoms with E-state index in [1.807, 2.05) is 17.0 Å². The second-order valence-electron chi connectivity index (χ2n) is 4.34. The van der Waals surface area contributed by atoms with Gasteiger partial charge in [-0.3, -0.25) is 14.5 Å². The van der Waals surface area contributed by atoms with E-state index in [2.05, 4.69) is 5.32 Å². The van der Waals surface area contributed by atoms with Crippen LogP contribution < -0.4 is 5.32 Å². The second kappa shape index (κ2) is 5.98. The van der Waals surface area contributed by atoms with Crippen LogP contribution in [0, 0.1) is 0 Å². The minimum Gasteiger partial charge on any atom is -0.324 e. The first-order chi connectivity index (χ1) is 8.65. The number of nitrogens with one attached hydrogen (secondary N) is 1. The molecular weight excluding hydrogens is 252 g/mol. The predicted octanol–water partition coefficient (Wildman–Crippen LogP) is 1.94. The molecule has 2 rings (SSSR count). The molecule has 0 atom stereocenters. The quantitative estimate of drug-likeness (QED) is 0.910. The molecule has 0 bridgehead atoms. The largest absolute Gasteiger partial charge is 0.324 e. The van der Waals surface area contributed by atoms with Gasteiger partial charge in [-0.25, -0.2) is 0 Å². The minimum absolute atomic E-state index is 0.0996.